The van der Waals surface area contributed by atoms with E-state index in [1.165, 1.54) is 6.20 Å². The number of hydrogen-bond donors (Lipinski definition) is 1. The smallest absolute Gasteiger partial charge is 0.410 e. The second-order valence-corrected chi connectivity index (χ2v) is 6.83. The van der Waals surface area contributed by atoms with Crippen LogP contribution in [-0.4, -0.2) is 39.7 Å². The van der Waals surface area contributed by atoms with Crippen molar-refractivity contribution < 1.29 is 9.53 Å². The van der Waals surface area contributed by atoms with Crippen LogP contribution in [0.4, 0.5) is 4.79 Å². The minimum atomic E-state index is -0.554. The van der Waals surface area contributed by atoms with Crippen molar-refractivity contribution >= 4 is 22.7 Å². The largest absolute Gasteiger partial charge is 0.444 e. The highest BCUT2D eigenvalue weighted by molar-refractivity contribution is 5.81. The fourth-order valence-electron chi connectivity index (χ4n) is 2.56. The number of H-pyrrole nitrogens is 1. The van der Waals surface area contributed by atoms with Gasteiger partial charge in [-0.25, -0.2) is 9.78 Å². The van der Waals surface area contributed by atoms with Crippen molar-refractivity contribution in [3.8, 4) is 6.07 Å². The molecule has 3 heterocycles. The number of carbonyl (C=O) groups excluding carboxylic acids is 1. The highest BCUT2D eigenvalue weighted by atomic mass is 16.6. The zero-order chi connectivity index (χ0) is 18.2. The number of ether oxygens (including phenoxy) is 1. The van der Waals surface area contributed by atoms with Crippen molar-refractivity contribution in [3.05, 3.63) is 45.9 Å². The molecule has 0 unspecified atom stereocenters. The normalized spacial score (nSPS) is 14.3. The lowest BCUT2D eigenvalue weighted by molar-refractivity contribution is 0.0306. The summed E-state index contributed by atoms with van der Waals surface area (Å²) in [5.41, 5.74) is 1.30. The van der Waals surface area contributed by atoms with Gasteiger partial charge in [-0.1, -0.05) is 6.08 Å². The van der Waals surface area contributed by atoms with Crippen LogP contribution in [0.15, 0.2) is 29.2 Å². The topological polar surface area (TPSA) is 99.1 Å². The Hall–Kier alpha value is -3.14. The van der Waals surface area contributed by atoms with Gasteiger partial charge in [0.1, 0.15) is 22.8 Å². The average molecular weight is 338 g/mol. The molecule has 128 valence electrons. The number of pyridine rings is 2. The van der Waals surface area contributed by atoms with E-state index in [0.29, 0.717) is 24.3 Å². The van der Waals surface area contributed by atoms with Crippen LogP contribution in [0, 0.1) is 11.3 Å². The standard InChI is InChI=1S/C18H18N4O3/c1-18(2,3)25-17(24)22-7-6-11(10-22)13-4-5-14-15(21-13)16(23)12(8-19)9-20-14/h4-6,9H,7,10H2,1-3H3,(H,20,23). The van der Waals surface area contributed by atoms with Gasteiger partial charge in [-0.2, -0.15) is 5.26 Å². The van der Waals surface area contributed by atoms with Gasteiger partial charge in [0, 0.05) is 12.7 Å². The first kappa shape index (κ1) is 16.7. The van der Waals surface area contributed by atoms with Crippen LogP contribution in [0.5, 0.6) is 0 Å². The molecular formula is C18H18N4O3. The van der Waals surface area contributed by atoms with E-state index >= 15 is 0 Å². The molecule has 0 radical (unpaired) electrons. The molecule has 2 aromatic heterocycles. The number of nitrogens with zero attached hydrogens (tertiary/aromatic N) is 3. The molecular weight excluding hydrogens is 320 g/mol. The SMILES string of the molecule is CC(C)(C)OC(=O)N1CC=C(c2ccc3[nH]cc(C#N)c(=O)c3n2)C1. The first-order chi connectivity index (χ1) is 11.8. The third-order valence-electron chi connectivity index (χ3n) is 3.75. The van der Waals surface area contributed by atoms with Gasteiger partial charge in [-0.05, 0) is 38.5 Å². The Bertz CT molecular complexity index is 976. The zero-order valence-electron chi connectivity index (χ0n) is 14.3. The number of nitriles is 1. The van der Waals surface area contributed by atoms with Crippen LogP contribution in [0.3, 0.4) is 0 Å². The van der Waals surface area contributed by atoms with Gasteiger partial charge in [0.05, 0.1) is 17.8 Å². The first-order valence-electron chi connectivity index (χ1n) is 7.88. The summed E-state index contributed by atoms with van der Waals surface area (Å²) in [6.45, 7) is 6.25. The molecule has 1 amide bonds. The fourth-order valence-corrected chi connectivity index (χ4v) is 2.56. The average Bonchev–Trinajstić information content (AvgIpc) is 3.04. The maximum absolute atomic E-state index is 12.2. The molecule has 7 heteroatoms. The molecule has 3 rings (SSSR count). The van der Waals surface area contributed by atoms with Gasteiger partial charge < -0.3 is 14.6 Å². The summed E-state index contributed by atoms with van der Waals surface area (Å²) in [4.78, 5) is 33.2. The van der Waals surface area contributed by atoms with E-state index in [9.17, 15) is 9.59 Å². The van der Waals surface area contributed by atoms with Crippen molar-refractivity contribution in [2.45, 2.75) is 26.4 Å². The number of nitrogens with one attached hydrogen (secondary N) is 1. The third-order valence-corrected chi connectivity index (χ3v) is 3.75. The van der Waals surface area contributed by atoms with Gasteiger partial charge in [0.15, 0.2) is 0 Å². The van der Waals surface area contributed by atoms with Crippen molar-refractivity contribution in [2.24, 2.45) is 0 Å². The van der Waals surface area contributed by atoms with E-state index in [0.717, 1.165) is 5.57 Å². The molecule has 7 nitrogen and oxygen atoms in total. The van der Waals surface area contributed by atoms with Gasteiger partial charge in [-0.15, -0.1) is 0 Å². The molecule has 0 atom stereocenters. The summed E-state index contributed by atoms with van der Waals surface area (Å²) >= 11 is 0. The van der Waals surface area contributed by atoms with Crippen LogP contribution in [0.2, 0.25) is 0 Å². The Labute approximate surface area is 144 Å². The predicted octanol–water partition coefficient (Wildman–Crippen LogP) is 2.43. The Balaban J connectivity index is 1.86. The predicted molar refractivity (Wildman–Crippen MR) is 92.9 cm³/mol. The molecule has 1 aliphatic heterocycles. The molecule has 1 N–H and O–H groups in total. The summed E-state index contributed by atoms with van der Waals surface area (Å²) in [6.07, 6.45) is 2.88. The molecule has 25 heavy (non-hydrogen) atoms. The summed E-state index contributed by atoms with van der Waals surface area (Å²) in [6, 6.07) is 5.39. The lowest BCUT2D eigenvalue weighted by Crippen LogP contribution is -2.35. The minimum absolute atomic E-state index is 0.0212. The Morgan fingerprint density at radius 3 is 2.84 bits per heavy atom. The highest BCUT2D eigenvalue weighted by Crippen LogP contribution is 2.22. The Morgan fingerprint density at radius 1 is 1.40 bits per heavy atom. The number of hydrogen-bond acceptors (Lipinski definition) is 5. The van der Waals surface area contributed by atoms with Gasteiger partial charge >= 0.3 is 6.09 Å². The molecule has 1 aliphatic rings. The summed E-state index contributed by atoms with van der Waals surface area (Å²) < 4.78 is 5.37. The van der Waals surface area contributed by atoms with Crippen LogP contribution < -0.4 is 5.43 Å². The maximum Gasteiger partial charge on any atom is 0.410 e. The van der Waals surface area contributed by atoms with E-state index in [1.54, 1.807) is 17.0 Å². The quantitative estimate of drug-likeness (QED) is 0.861. The number of amides is 1. The first-order valence-corrected chi connectivity index (χ1v) is 7.88. The molecule has 0 aromatic carbocycles. The van der Waals surface area contributed by atoms with Crippen LogP contribution in [0.1, 0.15) is 32.0 Å². The van der Waals surface area contributed by atoms with E-state index in [2.05, 4.69) is 9.97 Å². The van der Waals surface area contributed by atoms with Gasteiger partial charge in [0.25, 0.3) is 0 Å². The lowest BCUT2D eigenvalue weighted by Gasteiger charge is -2.24. The maximum atomic E-state index is 12.2. The molecule has 2 aromatic rings. The molecule has 0 fully saturated rings. The monoisotopic (exact) mass is 338 g/mol. The lowest BCUT2D eigenvalue weighted by atomic mass is 10.1. The Morgan fingerprint density at radius 2 is 2.16 bits per heavy atom. The molecule has 0 bridgehead atoms. The van der Waals surface area contributed by atoms with Gasteiger partial charge in [0.2, 0.25) is 5.43 Å². The highest BCUT2D eigenvalue weighted by Gasteiger charge is 2.26. The van der Waals surface area contributed by atoms with Crippen LogP contribution in [0.25, 0.3) is 16.6 Å². The number of aromatic nitrogens is 2. The van der Waals surface area contributed by atoms with Crippen molar-refractivity contribution in [2.75, 3.05) is 13.1 Å². The Kier molecular flexibility index (Phi) is 4.05. The second kappa shape index (κ2) is 6.06. The second-order valence-electron chi connectivity index (χ2n) is 6.83. The van der Waals surface area contributed by atoms with Crippen LogP contribution in [-0.2, 0) is 4.74 Å². The van der Waals surface area contributed by atoms with Gasteiger partial charge in [-0.3, -0.25) is 4.79 Å². The molecule has 0 saturated carbocycles. The number of fused-ring (bicyclic) bond motifs is 1. The van der Waals surface area contributed by atoms with Crippen LogP contribution >= 0.6 is 0 Å². The fraction of sp³-hybridized carbons (Fsp3) is 0.333. The summed E-state index contributed by atoms with van der Waals surface area (Å²) in [5, 5.41) is 8.98. The van der Waals surface area contributed by atoms with E-state index < -0.39 is 11.0 Å². The van der Waals surface area contributed by atoms with E-state index in [1.807, 2.05) is 32.9 Å². The van der Waals surface area contributed by atoms with Crippen molar-refractivity contribution in [1.82, 2.24) is 14.9 Å². The minimum Gasteiger partial charge on any atom is -0.444 e. The summed E-state index contributed by atoms with van der Waals surface area (Å²) in [7, 11) is 0. The third kappa shape index (κ3) is 3.38. The summed E-state index contributed by atoms with van der Waals surface area (Å²) in [5.74, 6) is 0. The van der Waals surface area contributed by atoms with Crippen molar-refractivity contribution in [1.29, 1.82) is 5.26 Å². The van der Waals surface area contributed by atoms with Crippen molar-refractivity contribution in [3.63, 3.8) is 0 Å². The molecule has 0 aliphatic carbocycles. The number of rotatable bonds is 1. The molecule has 0 spiro atoms. The van der Waals surface area contributed by atoms with E-state index in [4.69, 9.17) is 10.00 Å². The number of aromatic amines is 1. The number of carbonyl (C=O) groups is 1. The zero-order valence-corrected chi connectivity index (χ0v) is 14.3. The van der Waals surface area contributed by atoms with E-state index in [-0.39, 0.29) is 17.2 Å². The molecule has 0 saturated heterocycles.